The van der Waals surface area contributed by atoms with E-state index in [9.17, 15) is 13.6 Å². The van der Waals surface area contributed by atoms with Crippen LogP contribution in [0.3, 0.4) is 0 Å². The lowest BCUT2D eigenvalue weighted by molar-refractivity contribution is 0.100. The summed E-state index contributed by atoms with van der Waals surface area (Å²) in [6.45, 7) is 5.75. The fraction of sp³-hybridized carbons (Fsp3) is 0.333. The number of nitrogens with two attached hydrogens (primary N) is 2. The number of aryl methyl sites for hydroxylation is 1. The summed E-state index contributed by atoms with van der Waals surface area (Å²) < 4.78 is 30.1. The van der Waals surface area contributed by atoms with Crippen LogP contribution in [-0.2, 0) is 7.05 Å². The summed E-state index contributed by atoms with van der Waals surface area (Å²) in [4.78, 5) is 20.4. The Kier molecular flexibility index (Phi) is 6.30. The molecule has 31 heavy (non-hydrogen) atoms. The highest BCUT2D eigenvalue weighted by atomic mass is 19.1. The van der Waals surface area contributed by atoms with Crippen LogP contribution in [-0.4, -0.2) is 32.4 Å². The fourth-order valence-corrected chi connectivity index (χ4v) is 3.17. The maximum Gasteiger partial charge on any atom is 0.252 e. The van der Waals surface area contributed by atoms with E-state index in [-0.39, 0.29) is 28.5 Å². The first-order valence-electron chi connectivity index (χ1n) is 9.79. The van der Waals surface area contributed by atoms with Crippen molar-refractivity contribution in [3.63, 3.8) is 0 Å². The lowest BCUT2D eigenvalue weighted by Gasteiger charge is -2.14. The summed E-state index contributed by atoms with van der Waals surface area (Å²) in [5, 5.41) is 6.93. The smallest absolute Gasteiger partial charge is 0.252 e. The predicted octanol–water partition coefficient (Wildman–Crippen LogP) is 3.55. The number of amides is 1. The van der Waals surface area contributed by atoms with Crippen LogP contribution in [0.25, 0.3) is 10.9 Å². The van der Waals surface area contributed by atoms with Gasteiger partial charge in [0, 0.05) is 24.5 Å². The number of hydrogen-bond acceptors (Lipinski definition) is 6. The molecule has 0 aliphatic heterocycles. The largest absolute Gasteiger partial charge is 0.365 e. The third-order valence-electron chi connectivity index (χ3n) is 4.68. The molecular formula is C21H25F2N7O. The van der Waals surface area contributed by atoms with Gasteiger partial charge in [-0.15, -0.1) is 5.10 Å². The summed E-state index contributed by atoms with van der Waals surface area (Å²) in [5.41, 5.74) is 12.8. The van der Waals surface area contributed by atoms with Gasteiger partial charge in [0.15, 0.2) is 11.6 Å². The van der Waals surface area contributed by atoms with E-state index in [0.29, 0.717) is 23.3 Å². The molecule has 1 aromatic carbocycles. The van der Waals surface area contributed by atoms with Crippen LogP contribution in [0.5, 0.6) is 0 Å². The maximum absolute atomic E-state index is 14.6. The van der Waals surface area contributed by atoms with Gasteiger partial charge in [-0.25, -0.2) is 14.4 Å². The van der Waals surface area contributed by atoms with E-state index in [2.05, 4.69) is 20.4 Å². The molecule has 0 fully saturated rings. The zero-order chi connectivity index (χ0) is 22.9. The van der Waals surface area contributed by atoms with E-state index in [1.807, 2.05) is 13.8 Å². The zero-order valence-corrected chi connectivity index (χ0v) is 17.8. The summed E-state index contributed by atoms with van der Waals surface area (Å²) in [6.07, 6.45) is 0.566. The van der Waals surface area contributed by atoms with Crippen molar-refractivity contribution in [3.8, 4) is 0 Å². The number of benzene rings is 1. The number of fused-ring (bicyclic) bond motifs is 1. The van der Waals surface area contributed by atoms with Gasteiger partial charge in [-0.2, -0.15) is 4.39 Å². The van der Waals surface area contributed by atoms with Gasteiger partial charge < -0.3 is 16.8 Å². The highest BCUT2D eigenvalue weighted by molar-refractivity contribution is 5.99. The van der Waals surface area contributed by atoms with Crippen LogP contribution < -0.4 is 16.8 Å². The predicted molar refractivity (Wildman–Crippen MR) is 117 cm³/mol. The van der Waals surface area contributed by atoms with E-state index in [4.69, 9.17) is 11.5 Å². The number of anilines is 2. The number of rotatable bonds is 7. The summed E-state index contributed by atoms with van der Waals surface area (Å²) >= 11 is 0. The molecule has 0 radical (unpaired) electrons. The van der Waals surface area contributed by atoms with Crippen molar-refractivity contribution in [2.75, 3.05) is 5.32 Å². The molecule has 0 spiro atoms. The average Bonchev–Trinajstić information content (AvgIpc) is 2.96. The van der Waals surface area contributed by atoms with Crippen molar-refractivity contribution >= 4 is 39.8 Å². The molecule has 164 valence electrons. The molecule has 2 heterocycles. The molecule has 3 aromatic rings. The number of primary amides is 1. The van der Waals surface area contributed by atoms with Gasteiger partial charge in [-0.1, -0.05) is 13.8 Å². The first-order valence-corrected chi connectivity index (χ1v) is 9.79. The second-order valence-electron chi connectivity index (χ2n) is 7.82. The highest BCUT2D eigenvalue weighted by Gasteiger charge is 2.18. The molecule has 10 heteroatoms. The van der Waals surface area contributed by atoms with E-state index in [1.165, 1.54) is 10.7 Å². The Balaban J connectivity index is 2.07. The topological polar surface area (TPSA) is 124 Å². The Hall–Kier alpha value is -3.40. The van der Waals surface area contributed by atoms with Crippen LogP contribution in [0.1, 0.15) is 37.6 Å². The Morgan fingerprint density at radius 1 is 1.26 bits per heavy atom. The lowest BCUT2D eigenvalue weighted by atomic mass is 10.0. The van der Waals surface area contributed by atoms with Crippen LogP contribution in [0.4, 0.5) is 26.1 Å². The number of hydrogen-bond donors (Lipinski definition) is 3. The molecule has 8 nitrogen and oxygen atoms in total. The van der Waals surface area contributed by atoms with Crippen LogP contribution in [0, 0.1) is 17.7 Å². The normalized spacial score (nSPS) is 13.1. The van der Waals surface area contributed by atoms with E-state index in [0.717, 1.165) is 6.07 Å². The number of aromatic nitrogens is 3. The molecule has 1 atom stereocenters. The average molecular weight is 429 g/mol. The molecule has 0 saturated heterocycles. The summed E-state index contributed by atoms with van der Waals surface area (Å²) in [7, 11) is 1.63. The van der Waals surface area contributed by atoms with Crippen LogP contribution >= 0.6 is 0 Å². The fourth-order valence-electron chi connectivity index (χ4n) is 3.17. The minimum atomic E-state index is -0.868. The van der Waals surface area contributed by atoms with Gasteiger partial charge in [-0.05, 0) is 43.5 Å². The molecule has 1 amide bonds. The van der Waals surface area contributed by atoms with Gasteiger partial charge in [0.05, 0.1) is 16.5 Å². The van der Waals surface area contributed by atoms with Gasteiger partial charge in [0.1, 0.15) is 5.82 Å². The number of pyridine rings is 1. The first-order chi connectivity index (χ1) is 14.6. The minimum absolute atomic E-state index is 0.00451. The van der Waals surface area contributed by atoms with Crippen molar-refractivity contribution in [1.82, 2.24) is 14.8 Å². The zero-order valence-electron chi connectivity index (χ0n) is 17.8. The third-order valence-corrected chi connectivity index (χ3v) is 4.68. The lowest BCUT2D eigenvalue weighted by Crippen LogP contribution is -2.28. The minimum Gasteiger partial charge on any atom is -0.365 e. The molecule has 0 aliphatic carbocycles. The molecule has 0 saturated carbocycles. The van der Waals surface area contributed by atoms with E-state index >= 15 is 0 Å². The molecule has 3 rings (SSSR count). The number of nitrogens with one attached hydrogen (secondary N) is 1. The Labute approximate surface area is 178 Å². The molecular weight excluding hydrogens is 404 g/mol. The number of carbonyl (C=O) groups excluding carboxylic acids is 1. The molecule has 1 unspecified atom stereocenters. The van der Waals surface area contributed by atoms with Gasteiger partial charge >= 0.3 is 0 Å². The molecule has 5 N–H and O–H groups in total. The highest BCUT2D eigenvalue weighted by Crippen LogP contribution is 2.28. The Bertz CT molecular complexity index is 1170. The standard InChI is InChI=1S/C21H25F2N7O/c1-10(2)7-16(11(3)24)27-21-15(22)9-14(19(25)31)20(28-21)26-12-5-6-17-13(8-12)18(23)29-30(17)4/h5-6,8-11H,7,24H2,1-4H3,(H2,25,31)(H,26,28). The number of nitrogens with zero attached hydrogens (tertiary/aromatic N) is 4. The molecule has 0 bridgehead atoms. The van der Waals surface area contributed by atoms with E-state index in [1.54, 1.807) is 26.1 Å². The van der Waals surface area contributed by atoms with Crippen molar-refractivity contribution in [2.24, 2.45) is 29.4 Å². The van der Waals surface area contributed by atoms with Crippen molar-refractivity contribution < 1.29 is 13.6 Å². The van der Waals surface area contributed by atoms with Crippen LogP contribution in [0.2, 0.25) is 0 Å². The van der Waals surface area contributed by atoms with E-state index < -0.39 is 23.7 Å². The number of carbonyl (C=O) groups is 1. The SMILES string of the molecule is CC(C)CC(=Nc1nc(Nc2ccc3c(c2)c(F)nn3C)c(C(N)=O)cc1F)C(C)N. The van der Waals surface area contributed by atoms with Crippen molar-refractivity contribution in [3.05, 3.63) is 41.6 Å². The van der Waals surface area contributed by atoms with Gasteiger partial charge in [-0.3, -0.25) is 9.48 Å². The van der Waals surface area contributed by atoms with Crippen molar-refractivity contribution in [2.45, 2.75) is 33.2 Å². The monoisotopic (exact) mass is 429 g/mol. The summed E-state index contributed by atoms with van der Waals surface area (Å²) in [5.74, 6) is -2.25. The number of aliphatic imine (C=N–C) groups is 1. The Morgan fingerprint density at radius 2 is 1.97 bits per heavy atom. The molecule has 2 aromatic heterocycles. The molecule has 0 aliphatic rings. The number of halogens is 2. The second-order valence-corrected chi connectivity index (χ2v) is 7.82. The summed E-state index contributed by atoms with van der Waals surface area (Å²) in [6, 6.07) is 5.42. The first kappa shape index (κ1) is 22.3. The van der Waals surface area contributed by atoms with Gasteiger partial charge in [0.25, 0.3) is 5.91 Å². The van der Waals surface area contributed by atoms with Crippen molar-refractivity contribution in [1.29, 1.82) is 0 Å². The Morgan fingerprint density at radius 3 is 2.58 bits per heavy atom. The quantitative estimate of drug-likeness (QED) is 0.496. The van der Waals surface area contributed by atoms with Gasteiger partial charge in [0.2, 0.25) is 5.95 Å². The van der Waals surface area contributed by atoms with Crippen LogP contribution in [0.15, 0.2) is 29.3 Å². The second kappa shape index (κ2) is 8.76. The maximum atomic E-state index is 14.6. The third kappa shape index (κ3) is 4.85.